The van der Waals surface area contributed by atoms with Crippen LogP contribution in [-0.4, -0.2) is 84.4 Å². The highest BCUT2D eigenvalue weighted by molar-refractivity contribution is 7.71. The van der Waals surface area contributed by atoms with Gasteiger partial charge in [-0.25, -0.2) is 4.79 Å². The second-order valence-corrected chi connectivity index (χ2v) is 5.48. The first kappa shape index (κ1) is 20.7. The van der Waals surface area contributed by atoms with Crippen LogP contribution in [0.3, 0.4) is 0 Å². The summed E-state index contributed by atoms with van der Waals surface area (Å²) in [7, 11) is 0. The van der Waals surface area contributed by atoms with Gasteiger partial charge in [0.2, 0.25) is 0 Å². The van der Waals surface area contributed by atoms with Crippen LogP contribution in [0.1, 0.15) is 6.42 Å². The molecule has 1 aromatic rings. The van der Waals surface area contributed by atoms with E-state index in [2.05, 4.69) is 21.6 Å². The van der Waals surface area contributed by atoms with Crippen molar-refractivity contribution < 1.29 is 44.6 Å². The third kappa shape index (κ3) is 5.06. The smallest absolute Gasteiger partial charge is 0.364 e. The van der Waals surface area contributed by atoms with Gasteiger partial charge in [0.25, 0.3) is 10.6 Å². The van der Waals surface area contributed by atoms with Crippen LogP contribution < -0.4 is 5.73 Å². The highest BCUT2D eigenvalue weighted by Crippen LogP contribution is 2.29. The summed E-state index contributed by atoms with van der Waals surface area (Å²) in [6.45, 7) is -0.810. The summed E-state index contributed by atoms with van der Waals surface area (Å²) >= 11 is 4.52. The summed E-state index contributed by atoms with van der Waals surface area (Å²) in [6, 6.07) is -1.21. The number of ether oxygens (including phenoxy) is 1. The van der Waals surface area contributed by atoms with E-state index in [0.717, 1.165) is 0 Å². The zero-order valence-electron chi connectivity index (χ0n) is 12.3. The summed E-state index contributed by atoms with van der Waals surface area (Å²) in [5.41, 5.74) is 5.51. The number of aromatic amines is 1. The summed E-state index contributed by atoms with van der Waals surface area (Å²) in [5.74, 6) is -4.44. The average Bonchev–Trinajstić information content (AvgIpc) is 3.01. The number of aliphatic hydroxyl groups excluding tert-OH is 4. The molecule has 138 valence electrons. The number of carbonyl (C=O) groups is 1. The lowest BCUT2D eigenvalue weighted by molar-refractivity contribution is -0.292. The molecule has 1 aliphatic rings. The van der Waals surface area contributed by atoms with Gasteiger partial charge in [0, 0.05) is 12.6 Å². The van der Waals surface area contributed by atoms with Gasteiger partial charge in [0.15, 0.2) is 0 Å². The third-order valence-corrected chi connectivity index (χ3v) is 3.55. The Bertz CT molecular complexity index is 562. The maximum atomic E-state index is 10.8. The number of aliphatic hydroxyl groups is 5. The summed E-state index contributed by atoms with van der Waals surface area (Å²) in [5, 5.41) is 55.5. The largest absolute Gasteiger partial charge is 0.477 e. The predicted octanol–water partition coefficient (Wildman–Crippen LogP) is -2.71. The number of aliphatic carboxylic acids is 1. The molecule has 0 aliphatic carbocycles. The molecule has 0 bridgehead atoms. The fourth-order valence-corrected chi connectivity index (χ4v) is 2.11. The van der Waals surface area contributed by atoms with Crippen molar-refractivity contribution >= 4 is 18.2 Å². The quantitative estimate of drug-likeness (QED) is 0.257. The lowest BCUT2D eigenvalue weighted by Gasteiger charge is -2.43. The molecule has 2 heterocycles. The van der Waals surface area contributed by atoms with E-state index in [1.54, 1.807) is 6.20 Å². The van der Waals surface area contributed by atoms with Gasteiger partial charge in [-0.1, -0.05) is 0 Å². The number of nitrogens with one attached hydrogen (secondary N) is 1. The molecule has 9 N–H and O–H groups in total. The van der Waals surface area contributed by atoms with E-state index in [4.69, 9.17) is 20.7 Å². The molecule has 24 heavy (non-hydrogen) atoms. The molecule has 3 unspecified atom stereocenters. The maximum absolute atomic E-state index is 10.8. The zero-order chi connectivity index (χ0) is 18.5. The summed E-state index contributed by atoms with van der Waals surface area (Å²) in [4.78, 5) is 13.9. The number of hydrogen-bond donors (Lipinski definition) is 8. The average molecular weight is 368 g/mol. The molecule has 2 rings (SSSR count). The number of rotatable bonds is 4. The molecule has 0 amide bonds. The van der Waals surface area contributed by atoms with Crippen LogP contribution in [0.25, 0.3) is 0 Å². The zero-order valence-corrected chi connectivity index (χ0v) is 13.2. The van der Waals surface area contributed by atoms with Gasteiger partial charge in [-0.15, -0.1) is 0 Å². The molecule has 0 spiro atoms. The molecule has 11 nitrogen and oxygen atoms in total. The van der Waals surface area contributed by atoms with Crippen LogP contribution >= 0.6 is 12.2 Å². The van der Waals surface area contributed by atoms with Crippen LogP contribution in [0.4, 0.5) is 0 Å². The first-order valence-corrected chi connectivity index (χ1v) is 7.19. The van der Waals surface area contributed by atoms with Crippen molar-refractivity contribution in [2.24, 2.45) is 5.73 Å². The Morgan fingerprint density at radius 3 is 2.54 bits per heavy atom. The van der Waals surface area contributed by atoms with Crippen molar-refractivity contribution in [3.63, 3.8) is 0 Å². The summed E-state index contributed by atoms with van der Waals surface area (Å²) in [6.07, 6.45) is -3.87. The molecule has 1 saturated heterocycles. The molecule has 6 atom stereocenters. The van der Waals surface area contributed by atoms with Crippen LogP contribution in [0.2, 0.25) is 0 Å². The van der Waals surface area contributed by atoms with Gasteiger partial charge in [-0.2, -0.15) is 0 Å². The Labute approximate surface area is 140 Å². The monoisotopic (exact) mass is 368 g/mol. The van der Waals surface area contributed by atoms with Crippen molar-refractivity contribution in [2.45, 2.75) is 42.7 Å². The molecule has 0 aromatic carbocycles. The Kier molecular flexibility index (Phi) is 7.44. The fraction of sp³-hybridized carbons (Fsp3) is 0.667. The van der Waals surface area contributed by atoms with Gasteiger partial charge in [-0.05, 0) is 12.2 Å². The normalized spacial score (nSPS) is 32.3. The number of hydrogen-bond acceptors (Lipinski definition) is 10. The predicted molar refractivity (Wildman–Crippen MR) is 79.0 cm³/mol. The summed E-state index contributed by atoms with van der Waals surface area (Å²) < 4.78 is 9.35. The van der Waals surface area contributed by atoms with Gasteiger partial charge >= 0.3 is 5.97 Å². The SMILES string of the molecule is N[C@@H]1[C@@H](O)CC(O)(C(=O)O)O[C@H]1C(O)C(O)CO.S=c1[nH]cco1. The highest BCUT2D eigenvalue weighted by Gasteiger charge is 2.52. The van der Waals surface area contributed by atoms with Gasteiger partial charge in [-0.3, -0.25) is 0 Å². The minimum atomic E-state index is -2.70. The minimum absolute atomic E-state index is 0.426. The number of carboxylic acid groups (broad SMARTS) is 1. The van der Waals surface area contributed by atoms with Crippen molar-refractivity contribution in [3.05, 3.63) is 17.3 Å². The van der Waals surface area contributed by atoms with E-state index in [0.29, 0.717) is 4.84 Å². The van der Waals surface area contributed by atoms with Crippen LogP contribution in [0, 0.1) is 4.84 Å². The van der Waals surface area contributed by atoms with Crippen molar-refractivity contribution in [1.82, 2.24) is 4.98 Å². The van der Waals surface area contributed by atoms with Gasteiger partial charge in [0.05, 0.1) is 18.8 Å². The molecular formula is C12H20N2O9S. The number of carboxylic acids is 1. The lowest BCUT2D eigenvalue weighted by atomic mass is 9.89. The van der Waals surface area contributed by atoms with E-state index in [1.807, 2.05) is 0 Å². The molecule has 1 fully saturated rings. The Balaban J connectivity index is 0.000000400. The Morgan fingerprint density at radius 2 is 2.17 bits per heavy atom. The number of oxazole rings is 1. The maximum Gasteiger partial charge on any atom is 0.364 e. The van der Waals surface area contributed by atoms with Crippen LogP contribution in [-0.2, 0) is 9.53 Å². The fourth-order valence-electron chi connectivity index (χ4n) is 1.98. The molecule has 0 radical (unpaired) electrons. The van der Waals surface area contributed by atoms with Crippen molar-refractivity contribution in [3.8, 4) is 0 Å². The van der Waals surface area contributed by atoms with Crippen molar-refractivity contribution in [2.75, 3.05) is 6.61 Å². The Morgan fingerprint density at radius 1 is 1.54 bits per heavy atom. The Hall–Kier alpha value is -1.38. The molecule has 0 saturated carbocycles. The van der Waals surface area contributed by atoms with E-state index >= 15 is 0 Å². The van der Waals surface area contributed by atoms with E-state index in [9.17, 15) is 25.2 Å². The molecular weight excluding hydrogens is 348 g/mol. The standard InChI is InChI=1S/C9H17NO8.C3H3NOS/c10-5-3(12)1-9(17,8(15)16)18-7(5)6(14)4(13)2-11;6-3-4-1-2-5-3/h3-7,11-14,17H,1-2,10H2,(H,15,16);1-2H,(H,4,6)/t3-,4?,5+,6?,7+,9?;/m0./s1. The number of nitrogens with two attached hydrogens (primary N) is 1. The topological polar surface area (TPSA) is 203 Å². The first-order chi connectivity index (χ1) is 11.1. The number of H-pyrrole nitrogens is 1. The van der Waals surface area contributed by atoms with Crippen molar-refractivity contribution in [1.29, 1.82) is 0 Å². The first-order valence-electron chi connectivity index (χ1n) is 6.78. The van der Waals surface area contributed by atoms with Gasteiger partial charge < -0.3 is 50.5 Å². The van der Waals surface area contributed by atoms with E-state index < -0.39 is 55.2 Å². The van der Waals surface area contributed by atoms with Gasteiger partial charge in [0.1, 0.15) is 24.6 Å². The van der Waals surface area contributed by atoms with Crippen LogP contribution in [0.15, 0.2) is 16.9 Å². The molecule has 1 aromatic heterocycles. The second-order valence-electron chi connectivity index (χ2n) is 5.11. The van der Waals surface area contributed by atoms with E-state index in [1.165, 1.54) is 6.26 Å². The number of aromatic nitrogens is 1. The third-order valence-electron chi connectivity index (χ3n) is 3.34. The van der Waals surface area contributed by atoms with E-state index in [-0.39, 0.29) is 0 Å². The lowest BCUT2D eigenvalue weighted by Crippen LogP contribution is -2.65. The molecule has 12 heteroatoms. The minimum Gasteiger partial charge on any atom is -0.477 e. The highest BCUT2D eigenvalue weighted by atomic mass is 32.1. The molecule has 1 aliphatic heterocycles. The van der Waals surface area contributed by atoms with Crippen LogP contribution in [0.5, 0.6) is 0 Å². The second kappa shape index (κ2) is 8.64.